The van der Waals surface area contributed by atoms with E-state index < -0.39 is 0 Å². The van der Waals surface area contributed by atoms with Gasteiger partial charge in [-0.2, -0.15) is 0 Å². The average Bonchev–Trinajstić information content (AvgIpc) is 2.69. The molecule has 1 aliphatic rings. The highest BCUT2D eigenvalue weighted by Crippen LogP contribution is 2.13. The van der Waals surface area contributed by atoms with E-state index in [1.165, 1.54) is 6.20 Å². The second kappa shape index (κ2) is 8.10. The SMILES string of the molecule is CCN1CCN(C(=O)c2cc(C(=O)Nc3ccc(C)cc3)ccn2)CC1. The van der Waals surface area contributed by atoms with Crippen molar-refractivity contribution in [3.05, 3.63) is 59.4 Å². The minimum absolute atomic E-state index is 0.120. The van der Waals surface area contributed by atoms with Gasteiger partial charge in [-0.1, -0.05) is 24.6 Å². The van der Waals surface area contributed by atoms with E-state index in [1.807, 2.05) is 31.2 Å². The number of nitrogens with zero attached hydrogens (tertiary/aromatic N) is 3. The predicted octanol–water partition coefficient (Wildman–Crippen LogP) is 2.42. The number of benzene rings is 1. The van der Waals surface area contributed by atoms with Crippen molar-refractivity contribution in [2.45, 2.75) is 13.8 Å². The number of carbonyl (C=O) groups excluding carboxylic acids is 2. The molecule has 6 heteroatoms. The summed E-state index contributed by atoms with van der Waals surface area (Å²) < 4.78 is 0. The molecule has 1 fully saturated rings. The molecule has 2 aromatic rings. The van der Waals surface area contributed by atoms with E-state index in [9.17, 15) is 9.59 Å². The summed E-state index contributed by atoms with van der Waals surface area (Å²) >= 11 is 0. The molecule has 136 valence electrons. The number of pyridine rings is 1. The molecule has 2 amide bonds. The van der Waals surface area contributed by atoms with Crippen LogP contribution in [0.5, 0.6) is 0 Å². The number of rotatable bonds is 4. The third kappa shape index (κ3) is 4.26. The Kier molecular flexibility index (Phi) is 5.63. The van der Waals surface area contributed by atoms with E-state index >= 15 is 0 Å². The minimum Gasteiger partial charge on any atom is -0.335 e. The zero-order valence-electron chi connectivity index (χ0n) is 15.2. The fourth-order valence-corrected chi connectivity index (χ4v) is 2.96. The van der Waals surface area contributed by atoms with Crippen molar-refractivity contribution in [3.8, 4) is 0 Å². The van der Waals surface area contributed by atoms with Crippen LogP contribution >= 0.6 is 0 Å². The topological polar surface area (TPSA) is 65.5 Å². The van der Waals surface area contributed by atoms with Crippen molar-refractivity contribution in [1.29, 1.82) is 0 Å². The molecule has 0 spiro atoms. The van der Waals surface area contributed by atoms with Gasteiger partial charge in [-0.25, -0.2) is 0 Å². The lowest BCUT2D eigenvalue weighted by molar-refractivity contribution is 0.0637. The molecule has 1 aromatic carbocycles. The van der Waals surface area contributed by atoms with Crippen LogP contribution in [0.4, 0.5) is 5.69 Å². The van der Waals surface area contributed by atoms with Crippen molar-refractivity contribution in [1.82, 2.24) is 14.8 Å². The van der Waals surface area contributed by atoms with Crippen LogP contribution in [0, 0.1) is 6.92 Å². The molecule has 0 unspecified atom stereocenters. The lowest BCUT2D eigenvalue weighted by Crippen LogP contribution is -2.48. The predicted molar refractivity (Wildman–Crippen MR) is 101 cm³/mol. The molecule has 0 aliphatic carbocycles. The first-order chi connectivity index (χ1) is 12.6. The number of likely N-dealkylation sites (N-methyl/N-ethyl adjacent to an activating group) is 1. The first-order valence-electron chi connectivity index (χ1n) is 8.92. The van der Waals surface area contributed by atoms with Gasteiger partial charge in [0.05, 0.1) is 0 Å². The summed E-state index contributed by atoms with van der Waals surface area (Å²) in [4.78, 5) is 33.4. The number of aryl methyl sites for hydroxylation is 1. The molecule has 3 rings (SSSR count). The Morgan fingerprint density at radius 1 is 1.08 bits per heavy atom. The Morgan fingerprint density at radius 2 is 1.77 bits per heavy atom. The first kappa shape index (κ1) is 18.1. The molecule has 1 aromatic heterocycles. The smallest absolute Gasteiger partial charge is 0.272 e. The van der Waals surface area contributed by atoms with Crippen LogP contribution in [0.25, 0.3) is 0 Å². The average molecular weight is 352 g/mol. The number of hydrogen-bond acceptors (Lipinski definition) is 4. The van der Waals surface area contributed by atoms with E-state index in [0.717, 1.165) is 30.9 Å². The van der Waals surface area contributed by atoms with Gasteiger partial charge >= 0.3 is 0 Å². The molecule has 1 N–H and O–H groups in total. The molecular formula is C20H24N4O2. The van der Waals surface area contributed by atoms with Gasteiger partial charge in [0.15, 0.2) is 0 Å². The van der Waals surface area contributed by atoms with Crippen molar-refractivity contribution in [3.63, 3.8) is 0 Å². The van der Waals surface area contributed by atoms with Crippen LogP contribution in [0.1, 0.15) is 33.3 Å². The lowest BCUT2D eigenvalue weighted by atomic mass is 10.1. The van der Waals surface area contributed by atoms with Gasteiger partial charge in [0.25, 0.3) is 11.8 Å². The molecule has 6 nitrogen and oxygen atoms in total. The molecule has 1 aliphatic heterocycles. The monoisotopic (exact) mass is 352 g/mol. The van der Waals surface area contributed by atoms with Crippen LogP contribution in [0.3, 0.4) is 0 Å². The van der Waals surface area contributed by atoms with Crippen molar-refractivity contribution in [2.24, 2.45) is 0 Å². The van der Waals surface area contributed by atoms with Gasteiger partial charge in [-0.05, 0) is 37.7 Å². The molecule has 0 radical (unpaired) electrons. The van der Waals surface area contributed by atoms with Crippen LogP contribution in [-0.2, 0) is 0 Å². The quantitative estimate of drug-likeness (QED) is 0.918. The van der Waals surface area contributed by atoms with E-state index in [1.54, 1.807) is 17.0 Å². The van der Waals surface area contributed by atoms with E-state index in [4.69, 9.17) is 0 Å². The highest BCUT2D eigenvalue weighted by atomic mass is 16.2. The minimum atomic E-state index is -0.249. The van der Waals surface area contributed by atoms with Gasteiger partial charge in [-0.3, -0.25) is 14.6 Å². The Balaban J connectivity index is 1.68. The van der Waals surface area contributed by atoms with Crippen LogP contribution in [-0.4, -0.2) is 59.3 Å². The Morgan fingerprint density at radius 3 is 2.42 bits per heavy atom. The number of carbonyl (C=O) groups is 2. The van der Waals surface area contributed by atoms with Crippen LogP contribution < -0.4 is 5.32 Å². The fourth-order valence-electron chi connectivity index (χ4n) is 2.96. The summed E-state index contributed by atoms with van der Waals surface area (Å²) in [7, 11) is 0. The summed E-state index contributed by atoms with van der Waals surface area (Å²) in [6, 6.07) is 10.8. The summed E-state index contributed by atoms with van der Waals surface area (Å²) in [5, 5.41) is 2.85. The first-order valence-corrected chi connectivity index (χ1v) is 8.92. The van der Waals surface area contributed by atoms with Crippen molar-refractivity contribution >= 4 is 17.5 Å². The molecule has 0 bridgehead atoms. The van der Waals surface area contributed by atoms with Gasteiger partial charge in [0.1, 0.15) is 5.69 Å². The summed E-state index contributed by atoms with van der Waals surface area (Å²) in [6.45, 7) is 8.23. The largest absolute Gasteiger partial charge is 0.335 e. The maximum Gasteiger partial charge on any atom is 0.272 e. The Bertz CT molecular complexity index is 781. The maximum atomic E-state index is 12.7. The summed E-state index contributed by atoms with van der Waals surface area (Å²) in [5.74, 6) is -0.369. The zero-order valence-corrected chi connectivity index (χ0v) is 15.2. The standard InChI is InChI=1S/C20H24N4O2/c1-3-23-10-12-24(13-11-23)20(26)18-14-16(8-9-21-18)19(25)22-17-6-4-15(2)5-7-17/h4-9,14H,3,10-13H2,1-2H3,(H,22,25). The van der Waals surface area contributed by atoms with E-state index in [-0.39, 0.29) is 11.8 Å². The molecule has 0 saturated carbocycles. The maximum absolute atomic E-state index is 12.7. The molecule has 2 heterocycles. The second-order valence-corrected chi connectivity index (χ2v) is 6.48. The van der Waals surface area contributed by atoms with Gasteiger partial charge in [0, 0.05) is 43.6 Å². The Labute approximate surface area is 153 Å². The number of piperazine rings is 1. The number of anilines is 1. The normalized spacial score (nSPS) is 14.9. The molecule has 1 saturated heterocycles. The number of nitrogens with one attached hydrogen (secondary N) is 1. The zero-order chi connectivity index (χ0) is 18.5. The molecular weight excluding hydrogens is 328 g/mol. The fraction of sp³-hybridized carbons (Fsp3) is 0.350. The lowest BCUT2D eigenvalue weighted by Gasteiger charge is -2.33. The van der Waals surface area contributed by atoms with Crippen molar-refractivity contribution in [2.75, 3.05) is 38.0 Å². The van der Waals surface area contributed by atoms with Crippen LogP contribution in [0.15, 0.2) is 42.6 Å². The van der Waals surface area contributed by atoms with Gasteiger partial charge < -0.3 is 15.1 Å². The van der Waals surface area contributed by atoms with Gasteiger partial charge in [-0.15, -0.1) is 0 Å². The number of aromatic nitrogens is 1. The van der Waals surface area contributed by atoms with E-state index in [2.05, 4.69) is 22.1 Å². The van der Waals surface area contributed by atoms with Crippen LogP contribution in [0.2, 0.25) is 0 Å². The highest BCUT2D eigenvalue weighted by Gasteiger charge is 2.22. The highest BCUT2D eigenvalue weighted by molar-refractivity contribution is 6.05. The third-order valence-electron chi connectivity index (χ3n) is 4.66. The number of hydrogen-bond donors (Lipinski definition) is 1. The molecule has 26 heavy (non-hydrogen) atoms. The number of amides is 2. The summed E-state index contributed by atoms with van der Waals surface area (Å²) in [6.07, 6.45) is 1.51. The van der Waals surface area contributed by atoms with E-state index in [0.29, 0.717) is 24.3 Å². The van der Waals surface area contributed by atoms with Crippen molar-refractivity contribution < 1.29 is 9.59 Å². The Hall–Kier alpha value is -2.73. The van der Waals surface area contributed by atoms with Gasteiger partial charge in [0.2, 0.25) is 0 Å². The third-order valence-corrected chi connectivity index (χ3v) is 4.66. The molecule has 0 atom stereocenters. The second-order valence-electron chi connectivity index (χ2n) is 6.48. The summed E-state index contributed by atoms with van der Waals surface area (Å²) in [5.41, 5.74) is 2.59.